The number of aromatic nitrogens is 2. The van der Waals surface area contributed by atoms with Gasteiger partial charge in [-0.15, -0.1) is 0 Å². The van der Waals surface area contributed by atoms with Gasteiger partial charge in [-0.3, -0.25) is 4.40 Å². The quantitative estimate of drug-likeness (QED) is 0.787. The maximum atomic E-state index is 5.19. The van der Waals surface area contributed by atoms with Crippen LogP contribution in [0.2, 0.25) is 0 Å². The lowest BCUT2D eigenvalue weighted by Crippen LogP contribution is -2.23. The first-order valence-electron chi connectivity index (χ1n) is 6.70. The number of hydrogen-bond acceptors (Lipinski definition) is 4. The van der Waals surface area contributed by atoms with Crippen LogP contribution >= 0.6 is 11.3 Å². The lowest BCUT2D eigenvalue weighted by atomic mass is 10.1. The molecule has 1 aliphatic rings. The topological polar surface area (TPSA) is 38.6 Å². The summed E-state index contributed by atoms with van der Waals surface area (Å²) in [5.41, 5.74) is 3.57. The summed E-state index contributed by atoms with van der Waals surface area (Å²) >= 11 is 1.79. The fraction of sp³-hybridized carbons (Fsp3) is 0.267. The first-order valence-corrected chi connectivity index (χ1v) is 7.51. The Kier molecular flexibility index (Phi) is 2.75. The minimum atomic E-state index is 0.873. The van der Waals surface area contributed by atoms with Gasteiger partial charge in [-0.25, -0.2) is 4.98 Å². The van der Waals surface area contributed by atoms with E-state index in [2.05, 4.69) is 28.0 Å². The zero-order valence-electron chi connectivity index (χ0n) is 11.2. The minimum Gasteiger partial charge on any atom is -0.497 e. The standard InChI is InChI=1S/C15H15N3OS/c1-19-11-4-2-10(3-5-11)12-9-18-13-6-7-16-8-14(13)20-15(18)17-12/h2-5,9,16H,6-8H2,1H3. The molecule has 0 spiro atoms. The molecule has 4 nitrogen and oxygen atoms in total. The van der Waals surface area contributed by atoms with Crippen LogP contribution in [0.4, 0.5) is 0 Å². The number of thiazole rings is 1. The summed E-state index contributed by atoms with van der Waals surface area (Å²) in [4.78, 5) is 7.26. The van der Waals surface area contributed by atoms with Gasteiger partial charge in [0, 0.05) is 41.8 Å². The van der Waals surface area contributed by atoms with E-state index in [1.807, 2.05) is 12.1 Å². The van der Waals surface area contributed by atoms with Gasteiger partial charge >= 0.3 is 0 Å². The number of fused-ring (bicyclic) bond motifs is 3. The Bertz CT molecular complexity index is 757. The van der Waals surface area contributed by atoms with Crippen molar-refractivity contribution in [3.8, 4) is 17.0 Å². The number of ether oxygens (including phenoxy) is 1. The summed E-state index contributed by atoms with van der Waals surface area (Å²) in [5.74, 6) is 0.873. The molecule has 4 rings (SSSR count). The number of imidazole rings is 1. The Hall–Kier alpha value is -1.85. The molecule has 5 heteroatoms. The number of nitrogens with one attached hydrogen (secondary N) is 1. The maximum Gasteiger partial charge on any atom is 0.194 e. The second kappa shape index (κ2) is 4.61. The van der Waals surface area contributed by atoms with Gasteiger partial charge in [0.15, 0.2) is 4.96 Å². The van der Waals surface area contributed by atoms with E-state index in [1.54, 1.807) is 18.4 Å². The average Bonchev–Trinajstić information content (AvgIpc) is 3.05. The van der Waals surface area contributed by atoms with Crippen molar-refractivity contribution in [3.63, 3.8) is 0 Å². The van der Waals surface area contributed by atoms with Crippen molar-refractivity contribution >= 4 is 16.3 Å². The van der Waals surface area contributed by atoms with Crippen LogP contribution in [-0.4, -0.2) is 23.0 Å². The number of nitrogens with zero attached hydrogens (tertiary/aromatic N) is 2. The molecule has 0 saturated heterocycles. The summed E-state index contributed by atoms with van der Waals surface area (Å²) < 4.78 is 7.44. The normalized spacial score (nSPS) is 14.4. The first kappa shape index (κ1) is 11.9. The van der Waals surface area contributed by atoms with Crippen molar-refractivity contribution in [2.24, 2.45) is 0 Å². The Labute approximate surface area is 121 Å². The molecular weight excluding hydrogens is 270 g/mol. The van der Waals surface area contributed by atoms with Crippen LogP contribution in [0.1, 0.15) is 10.6 Å². The van der Waals surface area contributed by atoms with Crippen LogP contribution in [-0.2, 0) is 13.0 Å². The van der Waals surface area contributed by atoms with Gasteiger partial charge in [0.1, 0.15) is 5.75 Å². The van der Waals surface area contributed by atoms with Crippen molar-refractivity contribution < 1.29 is 4.74 Å². The van der Waals surface area contributed by atoms with Gasteiger partial charge in [0.25, 0.3) is 0 Å². The van der Waals surface area contributed by atoms with E-state index in [9.17, 15) is 0 Å². The van der Waals surface area contributed by atoms with E-state index < -0.39 is 0 Å². The molecule has 0 fully saturated rings. The lowest BCUT2D eigenvalue weighted by Gasteiger charge is -2.11. The highest BCUT2D eigenvalue weighted by Crippen LogP contribution is 2.29. The van der Waals surface area contributed by atoms with Crippen LogP contribution in [0.5, 0.6) is 5.75 Å². The van der Waals surface area contributed by atoms with Crippen molar-refractivity contribution in [2.45, 2.75) is 13.0 Å². The number of rotatable bonds is 2. The zero-order chi connectivity index (χ0) is 13.5. The minimum absolute atomic E-state index is 0.873. The SMILES string of the molecule is COc1ccc(-c2cn3c4c(sc3n2)CNCC4)cc1. The van der Waals surface area contributed by atoms with Crippen LogP contribution in [0, 0.1) is 0 Å². The van der Waals surface area contributed by atoms with Gasteiger partial charge in [-0.1, -0.05) is 11.3 Å². The fourth-order valence-electron chi connectivity index (χ4n) is 2.64. The van der Waals surface area contributed by atoms with Gasteiger partial charge in [0.2, 0.25) is 0 Å². The van der Waals surface area contributed by atoms with E-state index in [0.29, 0.717) is 0 Å². The molecular formula is C15H15N3OS. The number of hydrogen-bond donors (Lipinski definition) is 1. The molecule has 1 aromatic carbocycles. The third-order valence-corrected chi connectivity index (χ3v) is 4.81. The van der Waals surface area contributed by atoms with Gasteiger partial charge in [-0.05, 0) is 24.3 Å². The van der Waals surface area contributed by atoms with Crippen molar-refractivity contribution in [2.75, 3.05) is 13.7 Å². The highest BCUT2D eigenvalue weighted by atomic mass is 32.1. The molecule has 1 N–H and O–H groups in total. The smallest absolute Gasteiger partial charge is 0.194 e. The molecule has 1 aliphatic heterocycles. The molecule has 20 heavy (non-hydrogen) atoms. The number of methoxy groups -OCH3 is 1. The summed E-state index contributed by atoms with van der Waals surface area (Å²) in [7, 11) is 1.68. The molecule has 2 aromatic heterocycles. The fourth-order valence-corrected chi connectivity index (χ4v) is 3.76. The molecule has 102 valence electrons. The van der Waals surface area contributed by atoms with Crippen molar-refractivity contribution in [3.05, 3.63) is 41.0 Å². The molecule has 0 bridgehead atoms. The first-order chi connectivity index (χ1) is 9.85. The molecule has 0 aliphatic carbocycles. The van der Waals surface area contributed by atoms with Gasteiger partial charge in [-0.2, -0.15) is 0 Å². The molecule has 3 heterocycles. The Morgan fingerprint density at radius 2 is 2.15 bits per heavy atom. The molecule has 3 aromatic rings. The molecule has 0 amide bonds. The monoisotopic (exact) mass is 285 g/mol. The Balaban J connectivity index is 1.78. The van der Waals surface area contributed by atoms with E-state index in [0.717, 1.165) is 41.5 Å². The average molecular weight is 285 g/mol. The predicted molar refractivity (Wildman–Crippen MR) is 80.5 cm³/mol. The van der Waals surface area contributed by atoms with Crippen LogP contribution in [0.25, 0.3) is 16.2 Å². The highest BCUT2D eigenvalue weighted by molar-refractivity contribution is 7.17. The second-order valence-electron chi connectivity index (χ2n) is 4.91. The molecule has 0 atom stereocenters. The molecule has 0 radical (unpaired) electrons. The van der Waals surface area contributed by atoms with Crippen molar-refractivity contribution in [1.82, 2.24) is 14.7 Å². The highest BCUT2D eigenvalue weighted by Gasteiger charge is 2.17. The van der Waals surface area contributed by atoms with Crippen molar-refractivity contribution in [1.29, 1.82) is 0 Å². The summed E-state index contributed by atoms with van der Waals surface area (Å²) in [6, 6.07) is 8.06. The zero-order valence-corrected chi connectivity index (χ0v) is 12.0. The summed E-state index contributed by atoms with van der Waals surface area (Å²) in [5, 5.41) is 3.41. The van der Waals surface area contributed by atoms with Crippen LogP contribution < -0.4 is 10.1 Å². The van der Waals surface area contributed by atoms with Crippen LogP contribution in [0.3, 0.4) is 0 Å². The van der Waals surface area contributed by atoms with Gasteiger partial charge in [0.05, 0.1) is 12.8 Å². The Morgan fingerprint density at radius 3 is 2.95 bits per heavy atom. The summed E-state index contributed by atoms with van der Waals surface area (Å²) in [6.07, 6.45) is 3.23. The second-order valence-corrected chi connectivity index (χ2v) is 5.97. The summed E-state index contributed by atoms with van der Waals surface area (Å²) in [6.45, 7) is 2.02. The van der Waals surface area contributed by atoms with Crippen LogP contribution in [0.15, 0.2) is 30.5 Å². The molecule has 0 saturated carbocycles. The third kappa shape index (κ3) is 1.82. The van der Waals surface area contributed by atoms with E-state index in [-0.39, 0.29) is 0 Å². The maximum absolute atomic E-state index is 5.19. The van der Waals surface area contributed by atoms with E-state index in [4.69, 9.17) is 9.72 Å². The predicted octanol–water partition coefficient (Wildman–Crippen LogP) is 2.72. The lowest BCUT2D eigenvalue weighted by molar-refractivity contribution is 0.415. The van der Waals surface area contributed by atoms with Gasteiger partial charge < -0.3 is 10.1 Å². The van der Waals surface area contributed by atoms with E-state index in [1.165, 1.54) is 10.6 Å². The largest absolute Gasteiger partial charge is 0.497 e. The molecule has 0 unspecified atom stereocenters. The third-order valence-electron chi connectivity index (χ3n) is 3.71. The number of benzene rings is 1. The van der Waals surface area contributed by atoms with E-state index >= 15 is 0 Å². The Morgan fingerprint density at radius 1 is 1.30 bits per heavy atom.